The molecular weight excluding hydrogens is 284 g/mol. The zero-order valence-corrected chi connectivity index (χ0v) is 11.7. The smallest absolute Gasteiger partial charge is 0.190 e. The predicted molar refractivity (Wildman–Crippen MR) is 73.7 cm³/mol. The van der Waals surface area contributed by atoms with E-state index in [1.54, 1.807) is 11.3 Å². The summed E-state index contributed by atoms with van der Waals surface area (Å²) in [5.41, 5.74) is 2.50. The molecule has 0 atom stereocenters. The van der Waals surface area contributed by atoms with Crippen LogP contribution >= 0.6 is 27.3 Å². The Balaban J connectivity index is 2.40. The van der Waals surface area contributed by atoms with Crippen molar-refractivity contribution < 1.29 is 0 Å². The molecule has 0 saturated heterocycles. The monoisotopic (exact) mass is 296 g/mol. The minimum Gasteiger partial charge on any atom is -0.318 e. The van der Waals surface area contributed by atoms with Crippen molar-refractivity contribution in [2.45, 2.75) is 13.8 Å². The highest BCUT2D eigenvalue weighted by molar-refractivity contribution is 9.10. The number of thiazole rings is 1. The second kappa shape index (κ2) is 4.97. The van der Waals surface area contributed by atoms with Crippen molar-refractivity contribution in [2.24, 2.45) is 0 Å². The van der Waals surface area contributed by atoms with Crippen LogP contribution in [0.3, 0.4) is 0 Å². The summed E-state index contributed by atoms with van der Waals surface area (Å²) in [4.78, 5) is 6.69. The molecular formula is C12H13BrN2S. The average Bonchev–Trinajstić information content (AvgIpc) is 2.69. The third-order valence-electron chi connectivity index (χ3n) is 2.42. The highest BCUT2D eigenvalue weighted by Crippen LogP contribution is 2.31. The lowest BCUT2D eigenvalue weighted by Crippen LogP contribution is -2.16. The van der Waals surface area contributed by atoms with Crippen molar-refractivity contribution in [3.05, 3.63) is 39.8 Å². The van der Waals surface area contributed by atoms with Gasteiger partial charge in [-0.2, -0.15) is 0 Å². The number of hydrogen-bond donors (Lipinski definition) is 0. The molecule has 0 spiro atoms. The number of rotatable bonds is 3. The Morgan fingerprint density at radius 1 is 1.38 bits per heavy atom. The fourth-order valence-electron chi connectivity index (χ4n) is 1.64. The van der Waals surface area contributed by atoms with Gasteiger partial charge in [-0.05, 0) is 41.4 Å². The third kappa shape index (κ3) is 2.28. The summed E-state index contributed by atoms with van der Waals surface area (Å²) >= 11 is 5.05. The lowest BCUT2D eigenvalue weighted by atomic mass is 10.2. The summed E-state index contributed by atoms with van der Waals surface area (Å²) in [5.74, 6) is 0. The van der Waals surface area contributed by atoms with Crippen LogP contribution in [0.5, 0.6) is 0 Å². The minimum atomic E-state index is 0.902. The molecule has 0 aliphatic rings. The topological polar surface area (TPSA) is 16.1 Å². The van der Waals surface area contributed by atoms with Gasteiger partial charge in [-0.25, -0.2) is 4.98 Å². The normalized spacial score (nSPS) is 10.4. The molecule has 84 valence electrons. The summed E-state index contributed by atoms with van der Waals surface area (Å²) in [6.45, 7) is 5.19. The fraction of sp³-hybridized carbons (Fsp3) is 0.250. The molecule has 1 heterocycles. The van der Waals surface area contributed by atoms with E-state index < -0.39 is 0 Å². The molecule has 4 heteroatoms. The summed E-state index contributed by atoms with van der Waals surface area (Å²) in [6, 6.07) is 8.38. The van der Waals surface area contributed by atoms with E-state index >= 15 is 0 Å². The first kappa shape index (κ1) is 11.6. The van der Waals surface area contributed by atoms with Gasteiger partial charge in [0, 0.05) is 17.6 Å². The molecule has 0 radical (unpaired) electrons. The molecule has 0 N–H and O–H groups in total. The first-order chi connectivity index (χ1) is 7.72. The van der Waals surface area contributed by atoms with Crippen molar-refractivity contribution in [3.63, 3.8) is 0 Å². The van der Waals surface area contributed by atoms with E-state index in [2.05, 4.69) is 63.9 Å². The fourth-order valence-corrected chi connectivity index (χ4v) is 2.97. The molecule has 1 aromatic carbocycles. The SMILES string of the molecule is CCN(c1nc(Br)cs1)c1ccccc1C. The third-order valence-corrected chi connectivity index (χ3v) is 3.99. The van der Waals surface area contributed by atoms with Gasteiger partial charge in [-0.15, -0.1) is 11.3 Å². The highest BCUT2D eigenvalue weighted by atomic mass is 79.9. The van der Waals surface area contributed by atoms with Crippen LogP contribution in [0, 0.1) is 6.92 Å². The molecule has 0 saturated carbocycles. The van der Waals surface area contributed by atoms with E-state index in [1.165, 1.54) is 11.3 Å². The predicted octanol–water partition coefficient (Wildman–Crippen LogP) is 4.37. The lowest BCUT2D eigenvalue weighted by molar-refractivity contribution is 1.00. The Morgan fingerprint density at radius 3 is 2.69 bits per heavy atom. The van der Waals surface area contributed by atoms with Crippen molar-refractivity contribution >= 4 is 38.1 Å². The number of anilines is 2. The molecule has 0 unspecified atom stereocenters. The van der Waals surface area contributed by atoms with E-state index in [9.17, 15) is 0 Å². The molecule has 0 bridgehead atoms. The van der Waals surface area contributed by atoms with Crippen LogP contribution in [0.25, 0.3) is 0 Å². The number of aryl methyl sites for hydroxylation is 1. The van der Waals surface area contributed by atoms with Gasteiger partial charge in [0.25, 0.3) is 0 Å². The van der Waals surface area contributed by atoms with Crippen molar-refractivity contribution in [1.29, 1.82) is 0 Å². The van der Waals surface area contributed by atoms with E-state index in [-0.39, 0.29) is 0 Å². The summed E-state index contributed by atoms with van der Waals surface area (Å²) < 4.78 is 0.902. The summed E-state index contributed by atoms with van der Waals surface area (Å²) in [6.07, 6.45) is 0. The number of hydrogen-bond acceptors (Lipinski definition) is 3. The van der Waals surface area contributed by atoms with E-state index in [4.69, 9.17) is 0 Å². The standard InChI is InChI=1S/C12H13BrN2S/c1-3-15(12-14-11(13)8-16-12)10-7-5-4-6-9(10)2/h4-8H,3H2,1-2H3. The van der Waals surface area contributed by atoms with Crippen LogP contribution in [0.1, 0.15) is 12.5 Å². The maximum absolute atomic E-state index is 4.46. The first-order valence-corrected chi connectivity index (χ1v) is 6.84. The molecule has 2 nitrogen and oxygen atoms in total. The highest BCUT2D eigenvalue weighted by Gasteiger charge is 2.12. The minimum absolute atomic E-state index is 0.902. The quantitative estimate of drug-likeness (QED) is 0.836. The van der Waals surface area contributed by atoms with Crippen molar-refractivity contribution in [2.75, 3.05) is 11.4 Å². The maximum Gasteiger partial charge on any atom is 0.190 e. The number of halogens is 1. The number of para-hydroxylation sites is 1. The molecule has 2 rings (SSSR count). The molecule has 0 aliphatic heterocycles. The van der Waals surface area contributed by atoms with Crippen LogP contribution in [0.2, 0.25) is 0 Å². The van der Waals surface area contributed by atoms with E-state index in [0.29, 0.717) is 0 Å². The molecule has 16 heavy (non-hydrogen) atoms. The Hall–Kier alpha value is -0.870. The first-order valence-electron chi connectivity index (χ1n) is 5.16. The maximum atomic E-state index is 4.46. The van der Waals surface area contributed by atoms with Crippen LogP contribution in [0.4, 0.5) is 10.8 Å². The van der Waals surface area contributed by atoms with Crippen LogP contribution in [0.15, 0.2) is 34.2 Å². The van der Waals surface area contributed by atoms with Gasteiger partial charge >= 0.3 is 0 Å². The number of aromatic nitrogens is 1. The summed E-state index contributed by atoms with van der Waals surface area (Å²) in [7, 11) is 0. The zero-order valence-electron chi connectivity index (χ0n) is 9.27. The van der Waals surface area contributed by atoms with Gasteiger partial charge in [-0.3, -0.25) is 0 Å². The molecule has 1 aromatic heterocycles. The van der Waals surface area contributed by atoms with E-state index in [0.717, 1.165) is 16.3 Å². The van der Waals surface area contributed by atoms with Gasteiger partial charge in [0.05, 0.1) is 0 Å². The van der Waals surface area contributed by atoms with E-state index in [1.807, 2.05) is 5.38 Å². The Bertz CT molecular complexity index is 481. The second-order valence-electron chi connectivity index (χ2n) is 3.48. The van der Waals surface area contributed by atoms with Gasteiger partial charge in [-0.1, -0.05) is 18.2 Å². The van der Waals surface area contributed by atoms with Crippen LogP contribution in [-0.2, 0) is 0 Å². The van der Waals surface area contributed by atoms with Gasteiger partial charge in [0.2, 0.25) is 0 Å². The summed E-state index contributed by atoms with van der Waals surface area (Å²) in [5, 5.41) is 3.04. The Morgan fingerprint density at radius 2 is 2.12 bits per heavy atom. The van der Waals surface area contributed by atoms with Crippen molar-refractivity contribution in [1.82, 2.24) is 4.98 Å². The second-order valence-corrected chi connectivity index (χ2v) is 5.13. The molecule has 0 aliphatic carbocycles. The van der Waals surface area contributed by atoms with Gasteiger partial charge in [0.1, 0.15) is 4.60 Å². The molecule has 2 aromatic rings. The van der Waals surface area contributed by atoms with Gasteiger partial charge in [0.15, 0.2) is 5.13 Å². The average molecular weight is 297 g/mol. The van der Waals surface area contributed by atoms with Crippen molar-refractivity contribution in [3.8, 4) is 0 Å². The molecule has 0 fully saturated rings. The zero-order chi connectivity index (χ0) is 11.5. The number of benzene rings is 1. The lowest BCUT2D eigenvalue weighted by Gasteiger charge is -2.21. The Kier molecular flexibility index (Phi) is 3.61. The van der Waals surface area contributed by atoms with Gasteiger partial charge < -0.3 is 4.90 Å². The number of nitrogens with zero attached hydrogens (tertiary/aromatic N) is 2. The Labute approximate surface area is 108 Å². The van der Waals surface area contributed by atoms with Crippen LogP contribution in [-0.4, -0.2) is 11.5 Å². The van der Waals surface area contributed by atoms with Crippen LogP contribution < -0.4 is 4.90 Å². The molecule has 0 amide bonds. The largest absolute Gasteiger partial charge is 0.318 e.